The highest BCUT2D eigenvalue weighted by Gasteiger charge is 2.17. The monoisotopic (exact) mass is 314 g/mol. The molecule has 0 aromatic carbocycles. The SMILES string of the molecule is CN(Cc1cccn1C)C(=O)c1cc(N2CCOCC2)ccn1. The number of aryl methyl sites for hydroxylation is 1. The molecular weight excluding hydrogens is 292 g/mol. The van der Waals surface area contributed by atoms with Crippen molar-refractivity contribution in [1.82, 2.24) is 14.5 Å². The fraction of sp³-hybridized carbons (Fsp3) is 0.412. The molecule has 0 atom stereocenters. The minimum absolute atomic E-state index is 0.0682. The van der Waals surface area contributed by atoms with Crippen molar-refractivity contribution in [3.05, 3.63) is 48.0 Å². The average Bonchev–Trinajstić information content (AvgIpc) is 3.00. The molecule has 3 heterocycles. The van der Waals surface area contributed by atoms with Crippen LogP contribution in [0.2, 0.25) is 0 Å². The molecule has 122 valence electrons. The quantitative estimate of drug-likeness (QED) is 0.859. The first-order chi connectivity index (χ1) is 11.1. The second-order valence-electron chi connectivity index (χ2n) is 5.77. The lowest BCUT2D eigenvalue weighted by Crippen LogP contribution is -2.36. The number of aromatic nitrogens is 2. The van der Waals surface area contributed by atoms with E-state index in [-0.39, 0.29) is 5.91 Å². The number of amides is 1. The van der Waals surface area contributed by atoms with E-state index in [0.717, 1.165) is 37.7 Å². The maximum atomic E-state index is 12.6. The summed E-state index contributed by atoms with van der Waals surface area (Å²) in [5.41, 5.74) is 2.59. The fourth-order valence-corrected chi connectivity index (χ4v) is 2.73. The first-order valence-corrected chi connectivity index (χ1v) is 7.79. The van der Waals surface area contributed by atoms with Crippen LogP contribution in [0, 0.1) is 0 Å². The van der Waals surface area contributed by atoms with E-state index >= 15 is 0 Å². The molecule has 1 aliphatic heterocycles. The summed E-state index contributed by atoms with van der Waals surface area (Å²) < 4.78 is 7.39. The van der Waals surface area contributed by atoms with Crippen molar-refractivity contribution in [3.8, 4) is 0 Å². The second kappa shape index (κ2) is 6.83. The molecule has 23 heavy (non-hydrogen) atoms. The normalized spacial score (nSPS) is 14.8. The lowest BCUT2D eigenvalue weighted by molar-refractivity contribution is 0.0776. The average molecular weight is 314 g/mol. The van der Waals surface area contributed by atoms with Gasteiger partial charge in [-0.3, -0.25) is 9.78 Å². The third kappa shape index (κ3) is 3.53. The standard InChI is InChI=1S/C17H22N4O2/c1-19-7-3-4-15(19)13-20(2)17(22)16-12-14(5-6-18-16)21-8-10-23-11-9-21/h3-7,12H,8-11,13H2,1-2H3. The first kappa shape index (κ1) is 15.6. The summed E-state index contributed by atoms with van der Waals surface area (Å²) in [5.74, 6) is -0.0682. The Hall–Kier alpha value is -2.34. The van der Waals surface area contributed by atoms with E-state index in [1.807, 2.05) is 42.1 Å². The van der Waals surface area contributed by atoms with Crippen molar-refractivity contribution in [3.63, 3.8) is 0 Å². The van der Waals surface area contributed by atoms with Crippen LogP contribution in [-0.4, -0.2) is 53.7 Å². The van der Waals surface area contributed by atoms with E-state index in [2.05, 4.69) is 9.88 Å². The highest BCUT2D eigenvalue weighted by molar-refractivity contribution is 5.93. The van der Waals surface area contributed by atoms with Gasteiger partial charge in [0.05, 0.1) is 19.8 Å². The minimum Gasteiger partial charge on any atom is -0.378 e. The molecule has 0 radical (unpaired) electrons. The Morgan fingerprint density at radius 3 is 2.83 bits per heavy atom. The lowest BCUT2D eigenvalue weighted by atomic mass is 10.2. The van der Waals surface area contributed by atoms with Crippen LogP contribution in [0.4, 0.5) is 5.69 Å². The molecule has 6 heteroatoms. The van der Waals surface area contributed by atoms with E-state index in [1.54, 1.807) is 18.1 Å². The molecule has 1 saturated heterocycles. The fourth-order valence-electron chi connectivity index (χ4n) is 2.73. The lowest BCUT2D eigenvalue weighted by Gasteiger charge is -2.29. The van der Waals surface area contributed by atoms with Crippen molar-refractivity contribution in [2.45, 2.75) is 6.54 Å². The van der Waals surface area contributed by atoms with E-state index in [1.165, 1.54) is 0 Å². The number of anilines is 1. The number of nitrogens with zero attached hydrogens (tertiary/aromatic N) is 4. The number of morpholine rings is 1. The van der Waals surface area contributed by atoms with Crippen molar-refractivity contribution < 1.29 is 9.53 Å². The van der Waals surface area contributed by atoms with Crippen LogP contribution in [0.25, 0.3) is 0 Å². The van der Waals surface area contributed by atoms with Crippen LogP contribution in [0.15, 0.2) is 36.7 Å². The number of ether oxygens (including phenoxy) is 1. The molecule has 1 amide bonds. The molecule has 0 saturated carbocycles. The Kier molecular flexibility index (Phi) is 4.62. The van der Waals surface area contributed by atoms with Crippen LogP contribution < -0.4 is 4.90 Å². The molecule has 0 aliphatic carbocycles. The van der Waals surface area contributed by atoms with Gasteiger partial charge in [-0.15, -0.1) is 0 Å². The van der Waals surface area contributed by atoms with Crippen LogP contribution in [-0.2, 0) is 18.3 Å². The molecular formula is C17H22N4O2. The van der Waals surface area contributed by atoms with Crippen molar-refractivity contribution in [2.75, 3.05) is 38.3 Å². The number of hydrogen-bond donors (Lipinski definition) is 0. The maximum absolute atomic E-state index is 12.6. The van der Waals surface area contributed by atoms with Crippen LogP contribution >= 0.6 is 0 Å². The largest absolute Gasteiger partial charge is 0.378 e. The summed E-state index contributed by atoms with van der Waals surface area (Å²) in [6, 6.07) is 7.81. The molecule has 0 spiro atoms. The number of carbonyl (C=O) groups is 1. The van der Waals surface area contributed by atoms with E-state index in [9.17, 15) is 4.79 Å². The Morgan fingerprint density at radius 1 is 1.35 bits per heavy atom. The van der Waals surface area contributed by atoms with Gasteiger partial charge in [0, 0.05) is 51.0 Å². The Balaban J connectivity index is 1.72. The molecule has 0 unspecified atom stereocenters. The van der Waals surface area contributed by atoms with Crippen molar-refractivity contribution in [2.24, 2.45) is 7.05 Å². The number of hydrogen-bond acceptors (Lipinski definition) is 4. The van der Waals surface area contributed by atoms with Gasteiger partial charge in [0.15, 0.2) is 0 Å². The van der Waals surface area contributed by atoms with Gasteiger partial charge in [0.2, 0.25) is 0 Å². The van der Waals surface area contributed by atoms with E-state index < -0.39 is 0 Å². The van der Waals surface area contributed by atoms with Gasteiger partial charge in [0.25, 0.3) is 5.91 Å². The summed E-state index contributed by atoms with van der Waals surface area (Å²) in [6.07, 6.45) is 3.68. The van der Waals surface area contributed by atoms with Gasteiger partial charge >= 0.3 is 0 Å². The Labute approximate surface area is 136 Å². The first-order valence-electron chi connectivity index (χ1n) is 7.79. The summed E-state index contributed by atoms with van der Waals surface area (Å²) in [5, 5.41) is 0. The number of carbonyl (C=O) groups excluding carboxylic acids is 1. The summed E-state index contributed by atoms with van der Waals surface area (Å²) in [7, 11) is 3.78. The maximum Gasteiger partial charge on any atom is 0.272 e. The zero-order valence-electron chi connectivity index (χ0n) is 13.6. The molecule has 3 rings (SSSR count). The molecule has 2 aromatic heterocycles. The van der Waals surface area contributed by atoms with Gasteiger partial charge in [-0.05, 0) is 24.3 Å². The van der Waals surface area contributed by atoms with E-state index in [4.69, 9.17) is 4.74 Å². The molecule has 2 aromatic rings. The van der Waals surface area contributed by atoms with Gasteiger partial charge in [-0.2, -0.15) is 0 Å². The van der Waals surface area contributed by atoms with Crippen LogP contribution in [0.1, 0.15) is 16.2 Å². The molecule has 1 fully saturated rings. The Bertz CT molecular complexity index is 677. The highest BCUT2D eigenvalue weighted by atomic mass is 16.5. The van der Waals surface area contributed by atoms with Gasteiger partial charge in [-0.1, -0.05) is 0 Å². The molecule has 0 N–H and O–H groups in total. The van der Waals surface area contributed by atoms with Gasteiger partial charge in [0.1, 0.15) is 5.69 Å². The van der Waals surface area contributed by atoms with E-state index in [0.29, 0.717) is 12.2 Å². The van der Waals surface area contributed by atoms with Gasteiger partial charge in [-0.25, -0.2) is 0 Å². The highest BCUT2D eigenvalue weighted by Crippen LogP contribution is 2.17. The third-order valence-corrected chi connectivity index (χ3v) is 4.14. The van der Waals surface area contributed by atoms with Crippen LogP contribution in [0.5, 0.6) is 0 Å². The second-order valence-corrected chi connectivity index (χ2v) is 5.77. The topological polar surface area (TPSA) is 50.6 Å². The minimum atomic E-state index is -0.0682. The number of pyridine rings is 1. The van der Waals surface area contributed by atoms with Crippen molar-refractivity contribution >= 4 is 11.6 Å². The van der Waals surface area contributed by atoms with Crippen LogP contribution in [0.3, 0.4) is 0 Å². The Morgan fingerprint density at radius 2 is 2.13 bits per heavy atom. The smallest absolute Gasteiger partial charge is 0.272 e. The number of rotatable bonds is 4. The summed E-state index contributed by atoms with van der Waals surface area (Å²) in [6.45, 7) is 3.69. The summed E-state index contributed by atoms with van der Waals surface area (Å²) >= 11 is 0. The predicted octanol–water partition coefficient (Wildman–Crippen LogP) is 1.53. The molecule has 0 bridgehead atoms. The molecule has 6 nitrogen and oxygen atoms in total. The van der Waals surface area contributed by atoms with Crippen molar-refractivity contribution in [1.29, 1.82) is 0 Å². The zero-order chi connectivity index (χ0) is 16.2. The third-order valence-electron chi connectivity index (χ3n) is 4.14. The van der Waals surface area contributed by atoms with Gasteiger partial charge < -0.3 is 19.1 Å². The predicted molar refractivity (Wildman–Crippen MR) is 88.5 cm³/mol. The summed E-state index contributed by atoms with van der Waals surface area (Å²) in [4.78, 5) is 20.8. The molecule has 1 aliphatic rings. The zero-order valence-corrected chi connectivity index (χ0v) is 13.6.